The summed E-state index contributed by atoms with van der Waals surface area (Å²) in [5.41, 5.74) is 0.648. The van der Waals surface area contributed by atoms with Gasteiger partial charge >= 0.3 is 5.97 Å². The van der Waals surface area contributed by atoms with Gasteiger partial charge in [-0.2, -0.15) is 0 Å². The highest BCUT2D eigenvalue weighted by molar-refractivity contribution is 8.26. The zero-order valence-electron chi connectivity index (χ0n) is 12.7. The third-order valence-corrected chi connectivity index (χ3v) is 4.62. The first-order chi connectivity index (χ1) is 10.9. The van der Waals surface area contributed by atoms with Gasteiger partial charge in [-0.1, -0.05) is 24.0 Å². The van der Waals surface area contributed by atoms with Crippen molar-refractivity contribution in [2.45, 2.75) is 13.0 Å². The fourth-order valence-electron chi connectivity index (χ4n) is 2.02. The number of rotatable bonds is 5. The van der Waals surface area contributed by atoms with E-state index in [2.05, 4.69) is 0 Å². The Bertz CT molecular complexity index is 701. The molecule has 0 aliphatic carbocycles. The first-order valence-electron chi connectivity index (χ1n) is 6.61. The van der Waals surface area contributed by atoms with Crippen molar-refractivity contribution in [1.29, 1.82) is 0 Å². The standard InChI is InChI=1S/C15H15NO5S2/c1-8(14(18)19)16-13(17)12(23-15(16)22)7-9-6-10(20-2)4-5-11(9)21-3/h4-8H,1-3H3,(H,18,19)/b12-7-/t8-/m0/s1. The first-order valence-corrected chi connectivity index (χ1v) is 7.83. The van der Waals surface area contributed by atoms with Crippen LogP contribution in [0.2, 0.25) is 0 Å². The van der Waals surface area contributed by atoms with Gasteiger partial charge in [-0.05, 0) is 31.2 Å². The molecule has 1 N–H and O–H groups in total. The number of aliphatic carboxylic acids is 1. The molecule has 0 unspecified atom stereocenters. The third kappa shape index (κ3) is 3.48. The number of carboxylic acid groups (broad SMARTS) is 1. The number of methoxy groups -OCH3 is 2. The zero-order chi connectivity index (χ0) is 17.1. The quantitative estimate of drug-likeness (QED) is 0.643. The summed E-state index contributed by atoms with van der Waals surface area (Å²) in [5, 5.41) is 9.09. The molecule has 122 valence electrons. The minimum Gasteiger partial charge on any atom is -0.497 e. The van der Waals surface area contributed by atoms with E-state index in [9.17, 15) is 9.59 Å². The molecule has 8 heteroatoms. The summed E-state index contributed by atoms with van der Waals surface area (Å²) in [6, 6.07) is 4.19. The molecule has 1 fully saturated rings. The summed E-state index contributed by atoms with van der Waals surface area (Å²) in [5.74, 6) is -0.352. The summed E-state index contributed by atoms with van der Waals surface area (Å²) in [6.07, 6.45) is 1.62. The lowest BCUT2D eigenvalue weighted by Crippen LogP contribution is -2.41. The summed E-state index contributed by atoms with van der Waals surface area (Å²) >= 11 is 6.19. The van der Waals surface area contributed by atoms with E-state index in [-0.39, 0.29) is 4.32 Å². The highest BCUT2D eigenvalue weighted by Crippen LogP contribution is 2.36. The van der Waals surface area contributed by atoms with Crippen LogP contribution < -0.4 is 9.47 Å². The van der Waals surface area contributed by atoms with Crippen LogP contribution in [0.1, 0.15) is 12.5 Å². The van der Waals surface area contributed by atoms with Crippen LogP contribution >= 0.6 is 24.0 Å². The number of thiocarbonyl (C=S) groups is 1. The minimum atomic E-state index is -1.11. The predicted octanol–water partition coefficient (Wildman–Crippen LogP) is 2.38. The van der Waals surface area contributed by atoms with Gasteiger partial charge in [0.15, 0.2) is 0 Å². The predicted molar refractivity (Wildman–Crippen MR) is 91.7 cm³/mol. The molecule has 23 heavy (non-hydrogen) atoms. The van der Waals surface area contributed by atoms with E-state index in [1.807, 2.05) is 0 Å². The number of carboxylic acids is 1. The average molecular weight is 353 g/mol. The van der Waals surface area contributed by atoms with E-state index in [1.165, 1.54) is 14.0 Å². The molecule has 6 nitrogen and oxygen atoms in total. The lowest BCUT2D eigenvalue weighted by Gasteiger charge is -2.18. The van der Waals surface area contributed by atoms with E-state index in [4.69, 9.17) is 26.8 Å². The Morgan fingerprint density at radius 2 is 2.09 bits per heavy atom. The molecule has 0 radical (unpaired) electrons. The van der Waals surface area contributed by atoms with Gasteiger partial charge in [0.1, 0.15) is 21.9 Å². The van der Waals surface area contributed by atoms with Gasteiger partial charge in [0, 0.05) is 5.56 Å². The molecule has 0 spiro atoms. The van der Waals surface area contributed by atoms with Crippen molar-refractivity contribution in [2.75, 3.05) is 14.2 Å². The van der Waals surface area contributed by atoms with Crippen LogP contribution in [0.4, 0.5) is 0 Å². The van der Waals surface area contributed by atoms with Crippen molar-refractivity contribution in [3.63, 3.8) is 0 Å². The molecule has 1 aromatic carbocycles. The number of hydrogen-bond donors (Lipinski definition) is 1. The van der Waals surface area contributed by atoms with Crippen LogP contribution in [0, 0.1) is 0 Å². The monoisotopic (exact) mass is 353 g/mol. The van der Waals surface area contributed by atoms with E-state index in [0.29, 0.717) is 22.0 Å². The molecule has 1 heterocycles. The maximum absolute atomic E-state index is 12.4. The maximum Gasteiger partial charge on any atom is 0.326 e. The number of benzene rings is 1. The lowest BCUT2D eigenvalue weighted by molar-refractivity contribution is -0.144. The number of carbonyl (C=O) groups is 2. The second-order valence-electron chi connectivity index (χ2n) is 4.67. The molecule has 1 aliphatic heterocycles. The largest absolute Gasteiger partial charge is 0.497 e. The highest BCUT2D eigenvalue weighted by Gasteiger charge is 2.38. The van der Waals surface area contributed by atoms with Gasteiger partial charge in [-0.25, -0.2) is 4.79 Å². The summed E-state index contributed by atoms with van der Waals surface area (Å²) in [7, 11) is 3.07. The fourth-order valence-corrected chi connectivity index (χ4v) is 3.43. The molecule has 1 atom stereocenters. The highest BCUT2D eigenvalue weighted by atomic mass is 32.2. The van der Waals surface area contributed by atoms with Gasteiger partial charge in [-0.15, -0.1) is 0 Å². The van der Waals surface area contributed by atoms with Gasteiger partial charge in [0.2, 0.25) is 0 Å². The average Bonchev–Trinajstić information content (AvgIpc) is 2.80. The SMILES string of the molecule is COc1ccc(OC)c(/C=C2\SC(=S)N([C@@H](C)C(=O)O)C2=O)c1. The van der Waals surface area contributed by atoms with Crippen LogP contribution in [0.3, 0.4) is 0 Å². The van der Waals surface area contributed by atoms with Gasteiger partial charge in [0.25, 0.3) is 5.91 Å². The zero-order valence-corrected chi connectivity index (χ0v) is 14.4. The molecule has 0 bridgehead atoms. The molecule has 1 aliphatic rings. The molecule has 0 saturated carbocycles. The lowest BCUT2D eigenvalue weighted by atomic mass is 10.1. The Kier molecular flexibility index (Phi) is 5.27. The van der Waals surface area contributed by atoms with Crippen LogP contribution in [0.25, 0.3) is 6.08 Å². The van der Waals surface area contributed by atoms with E-state index < -0.39 is 17.9 Å². The smallest absolute Gasteiger partial charge is 0.326 e. The molecule has 1 saturated heterocycles. The second kappa shape index (κ2) is 7.01. The number of carbonyl (C=O) groups excluding carboxylic acids is 1. The molecule has 1 amide bonds. The number of nitrogens with zero attached hydrogens (tertiary/aromatic N) is 1. The Balaban J connectivity index is 2.39. The first kappa shape index (κ1) is 17.3. The summed E-state index contributed by atoms with van der Waals surface area (Å²) in [4.78, 5) is 25.0. The Morgan fingerprint density at radius 3 is 2.65 bits per heavy atom. The number of ether oxygens (including phenoxy) is 2. The molecular weight excluding hydrogens is 338 g/mol. The third-order valence-electron chi connectivity index (χ3n) is 3.29. The van der Waals surface area contributed by atoms with Crippen molar-refractivity contribution in [2.24, 2.45) is 0 Å². The maximum atomic E-state index is 12.4. The van der Waals surface area contributed by atoms with Crippen molar-refractivity contribution < 1.29 is 24.2 Å². The Morgan fingerprint density at radius 1 is 1.39 bits per heavy atom. The minimum absolute atomic E-state index is 0.220. The normalized spacial score (nSPS) is 17.5. The van der Waals surface area contributed by atoms with Crippen LogP contribution in [-0.4, -0.2) is 46.5 Å². The van der Waals surface area contributed by atoms with Crippen molar-refractivity contribution >= 4 is 46.3 Å². The fraction of sp³-hybridized carbons (Fsp3) is 0.267. The Labute approximate surface area is 143 Å². The van der Waals surface area contributed by atoms with Crippen molar-refractivity contribution in [3.8, 4) is 11.5 Å². The summed E-state index contributed by atoms with van der Waals surface area (Å²) < 4.78 is 10.7. The van der Waals surface area contributed by atoms with Crippen LogP contribution in [0.5, 0.6) is 11.5 Å². The Hall–Kier alpha value is -2.06. The number of amides is 1. The van der Waals surface area contributed by atoms with Crippen LogP contribution in [-0.2, 0) is 9.59 Å². The van der Waals surface area contributed by atoms with E-state index >= 15 is 0 Å². The number of hydrogen-bond acceptors (Lipinski definition) is 6. The molecule has 1 aromatic rings. The molecule has 0 aromatic heterocycles. The topological polar surface area (TPSA) is 76.1 Å². The van der Waals surface area contributed by atoms with Crippen molar-refractivity contribution in [3.05, 3.63) is 28.7 Å². The second-order valence-corrected chi connectivity index (χ2v) is 6.35. The molecule has 2 rings (SSSR count). The van der Waals surface area contributed by atoms with Crippen molar-refractivity contribution in [1.82, 2.24) is 4.90 Å². The van der Waals surface area contributed by atoms with Gasteiger partial charge < -0.3 is 14.6 Å². The summed E-state index contributed by atoms with van der Waals surface area (Å²) in [6.45, 7) is 1.42. The van der Waals surface area contributed by atoms with E-state index in [0.717, 1.165) is 16.7 Å². The molecular formula is C15H15NO5S2. The van der Waals surface area contributed by atoms with Crippen LogP contribution in [0.15, 0.2) is 23.1 Å². The van der Waals surface area contributed by atoms with E-state index in [1.54, 1.807) is 31.4 Å². The van der Waals surface area contributed by atoms with Gasteiger partial charge in [0.05, 0.1) is 19.1 Å². The number of thioether (sulfide) groups is 1. The van der Waals surface area contributed by atoms with Gasteiger partial charge in [-0.3, -0.25) is 9.69 Å².